The molecule has 3 aromatic rings. The predicted octanol–water partition coefficient (Wildman–Crippen LogP) is 6.11. The number of rotatable bonds is 6. The van der Waals surface area contributed by atoms with E-state index in [1.807, 2.05) is 50.4 Å². The maximum Gasteiger partial charge on any atom is 0.322 e. The lowest BCUT2D eigenvalue weighted by Crippen LogP contribution is -2.28. The molecule has 0 aliphatic carbocycles. The van der Waals surface area contributed by atoms with Crippen molar-refractivity contribution < 1.29 is 9.53 Å². The van der Waals surface area contributed by atoms with Gasteiger partial charge in [0.15, 0.2) is 5.69 Å². The topological polar surface area (TPSA) is 97.5 Å². The minimum Gasteiger partial charge on any atom is -0.710 e. The van der Waals surface area contributed by atoms with Crippen LogP contribution in [-0.2, 0) is 11.3 Å². The number of carbonyl (C=O) groups is 1. The van der Waals surface area contributed by atoms with E-state index in [0.29, 0.717) is 41.7 Å². The van der Waals surface area contributed by atoms with Gasteiger partial charge in [-0.3, -0.25) is 4.79 Å². The van der Waals surface area contributed by atoms with E-state index < -0.39 is 0 Å². The molecule has 1 amide bonds. The number of thioether (sulfide) groups is 2. The highest BCUT2D eigenvalue weighted by molar-refractivity contribution is 8.18. The van der Waals surface area contributed by atoms with E-state index in [1.54, 1.807) is 30.0 Å². The monoisotopic (exact) mass is 556 g/mol. The van der Waals surface area contributed by atoms with Gasteiger partial charge < -0.3 is 20.7 Å². The molecule has 10 heteroatoms. The first-order valence-electron chi connectivity index (χ1n) is 12.5. The second-order valence-electron chi connectivity index (χ2n) is 9.15. The van der Waals surface area contributed by atoms with Gasteiger partial charge in [-0.2, -0.15) is 5.26 Å². The van der Waals surface area contributed by atoms with Gasteiger partial charge in [0, 0.05) is 48.9 Å². The van der Waals surface area contributed by atoms with E-state index in [0.717, 1.165) is 36.5 Å². The molecule has 0 unspecified atom stereocenters. The number of benzene rings is 3. The highest BCUT2D eigenvalue weighted by Crippen LogP contribution is 2.50. The van der Waals surface area contributed by atoms with Crippen molar-refractivity contribution in [1.82, 2.24) is 4.90 Å². The summed E-state index contributed by atoms with van der Waals surface area (Å²) in [5, 5.41) is 31.2. The Morgan fingerprint density at radius 1 is 1.13 bits per heavy atom. The number of hydrogen-bond donors (Lipinski definition) is 2. The van der Waals surface area contributed by atoms with E-state index in [-0.39, 0.29) is 5.91 Å². The van der Waals surface area contributed by atoms with Crippen molar-refractivity contribution in [1.29, 1.82) is 5.26 Å². The molecule has 2 aliphatic heterocycles. The van der Waals surface area contributed by atoms with Crippen LogP contribution in [0.15, 0.2) is 81.6 Å². The van der Waals surface area contributed by atoms with Crippen molar-refractivity contribution in [3.63, 3.8) is 0 Å². The minimum atomic E-state index is -0.111. The number of carbonyl (C=O) groups excluding carboxylic acids is 1. The Balaban J connectivity index is 1.56. The maximum absolute atomic E-state index is 14.0. The van der Waals surface area contributed by atoms with Crippen LogP contribution in [-0.4, -0.2) is 40.9 Å². The molecule has 1 fully saturated rings. The Hall–Kier alpha value is -4.07. The van der Waals surface area contributed by atoms with Crippen LogP contribution in [0.3, 0.4) is 0 Å². The van der Waals surface area contributed by atoms with Crippen molar-refractivity contribution in [2.45, 2.75) is 25.3 Å². The van der Waals surface area contributed by atoms with Gasteiger partial charge in [0.25, 0.3) is 0 Å². The molecule has 0 bridgehead atoms. The van der Waals surface area contributed by atoms with Crippen LogP contribution in [0.25, 0.3) is 0 Å². The number of fused-ring (bicyclic) bond motifs is 1. The first-order chi connectivity index (χ1) is 18.9. The lowest BCUT2D eigenvalue weighted by molar-refractivity contribution is -0.362. The second-order valence-corrected chi connectivity index (χ2v) is 11.2. The summed E-state index contributed by atoms with van der Waals surface area (Å²) in [5.41, 5.74) is 4.44. The zero-order valence-electron chi connectivity index (χ0n) is 21.9. The molecule has 2 aliphatic rings. The first kappa shape index (κ1) is 26.5. The number of anilines is 3. The largest absolute Gasteiger partial charge is 0.710 e. The lowest BCUT2D eigenvalue weighted by atomic mass is 10.2. The van der Waals surface area contributed by atoms with E-state index >= 15 is 0 Å². The van der Waals surface area contributed by atoms with Crippen LogP contribution >= 0.6 is 23.5 Å². The van der Waals surface area contributed by atoms with Gasteiger partial charge >= 0.3 is 5.17 Å². The third-order valence-corrected chi connectivity index (χ3v) is 8.88. The normalized spacial score (nSPS) is 17.6. The molecule has 5 rings (SSSR count). The SMILES string of the molecule is CCNc1ccc(C#N)cc1/[N+]([O-])=C1/SC(=C2Sc3cc(NC(C)=O)ccc3N2C)CN1Cc1ccccc1. The van der Waals surface area contributed by atoms with E-state index in [1.165, 1.54) is 18.7 Å². The molecule has 2 heterocycles. The number of hydrogen-bond acceptors (Lipinski definition) is 7. The number of amidine groups is 1. The van der Waals surface area contributed by atoms with Crippen molar-refractivity contribution in [2.75, 3.05) is 35.7 Å². The fourth-order valence-corrected chi connectivity index (χ4v) is 7.02. The average Bonchev–Trinajstić information content (AvgIpc) is 3.49. The summed E-state index contributed by atoms with van der Waals surface area (Å²) in [7, 11) is 2.02. The molecule has 39 heavy (non-hydrogen) atoms. The van der Waals surface area contributed by atoms with Crippen molar-refractivity contribution in [3.05, 3.63) is 93.0 Å². The van der Waals surface area contributed by atoms with Crippen molar-refractivity contribution >= 4 is 57.3 Å². The summed E-state index contributed by atoms with van der Waals surface area (Å²) in [5.74, 6) is -0.111. The lowest BCUT2D eigenvalue weighted by Gasteiger charge is -2.19. The zero-order valence-corrected chi connectivity index (χ0v) is 23.5. The summed E-state index contributed by atoms with van der Waals surface area (Å²) >= 11 is 3.10. The molecule has 8 nitrogen and oxygen atoms in total. The standard InChI is InChI=1S/C29H28N6O2S2/c1-4-31-23-12-10-21(16-30)14-25(23)35(37)29-34(17-20-8-6-5-7-9-20)18-27(39-29)28-33(3)24-13-11-22(32-19(2)36)15-26(24)38-28/h5-15,31H,4,17-18H2,1-3H3,(H,32,36)/b28-27?,35-29-. The second kappa shape index (κ2) is 11.4. The fraction of sp³-hybridized carbons (Fsp3) is 0.207. The van der Waals surface area contributed by atoms with Crippen LogP contribution in [0.2, 0.25) is 0 Å². The van der Waals surface area contributed by atoms with Crippen LogP contribution < -0.4 is 15.5 Å². The quantitative estimate of drug-likeness (QED) is 0.213. The fourth-order valence-electron chi connectivity index (χ4n) is 4.55. The van der Waals surface area contributed by atoms with Crippen molar-refractivity contribution in [3.8, 4) is 6.07 Å². The van der Waals surface area contributed by atoms with Gasteiger partial charge in [0.1, 0.15) is 13.1 Å². The number of nitrogens with zero attached hydrogens (tertiary/aromatic N) is 4. The Kier molecular flexibility index (Phi) is 7.72. The molecule has 1 saturated heterocycles. The molecule has 0 spiro atoms. The Morgan fingerprint density at radius 2 is 1.92 bits per heavy atom. The summed E-state index contributed by atoms with van der Waals surface area (Å²) < 4.78 is 0.946. The van der Waals surface area contributed by atoms with Crippen LogP contribution in [0.5, 0.6) is 0 Å². The number of nitriles is 1. The van der Waals surface area contributed by atoms with Crippen LogP contribution in [0, 0.1) is 16.5 Å². The molecule has 198 valence electrons. The van der Waals surface area contributed by atoms with Crippen LogP contribution in [0.4, 0.5) is 22.7 Å². The van der Waals surface area contributed by atoms with Gasteiger partial charge in [0.2, 0.25) is 5.91 Å². The molecular weight excluding hydrogens is 528 g/mol. The van der Waals surface area contributed by atoms with E-state index in [2.05, 4.69) is 38.6 Å². The number of amides is 1. The molecule has 0 saturated carbocycles. The van der Waals surface area contributed by atoms with Gasteiger partial charge in [-0.15, -0.1) is 0 Å². The summed E-state index contributed by atoms with van der Waals surface area (Å²) in [4.78, 5) is 17.9. The van der Waals surface area contributed by atoms with E-state index in [4.69, 9.17) is 0 Å². The summed E-state index contributed by atoms with van der Waals surface area (Å²) in [6.07, 6.45) is 0. The minimum absolute atomic E-state index is 0.111. The third kappa shape index (κ3) is 5.55. The van der Waals surface area contributed by atoms with Gasteiger partial charge in [-0.25, -0.2) is 9.64 Å². The Bertz CT molecular complexity index is 1530. The number of nitrogens with one attached hydrogen (secondary N) is 2. The molecule has 0 atom stereocenters. The zero-order chi connectivity index (χ0) is 27.5. The summed E-state index contributed by atoms with van der Waals surface area (Å²) in [6.45, 7) is 5.26. The molecular formula is C29H28N6O2S2. The Morgan fingerprint density at radius 3 is 2.64 bits per heavy atom. The smallest absolute Gasteiger partial charge is 0.322 e. The van der Waals surface area contributed by atoms with E-state index in [9.17, 15) is 15.3 Å². The maximum atomic E-state index is 14.0. The van der Waals surface area contributed by atoms with Gasteiger partial charge in [0.05, 0.1) is 32.9 Å². The highest BCUT2D eigenvalue weighted by Gasteiger charge is 2.38. The van der Waals surface area contributed by atoms with Crippen LogP contribution in [0.1, 0.15) is 25.0 Å². The molecule has 2 N–H and O–H groups in total. The highest BCUT2D eigenvalue weighted by atomic mass is 32.2. The Labute approximate surface area is 236 Å². The molecule has 0 aromatic heterocycles. The average molecular weight is 557 g/mol. The van der Waals surface area contributed by atoms with Gasteiger partial charge in [-0.1, -0.05) is 42.1 Å². The first-order valence-corrected chi connectivity index (χ1v) is 14.2. The summed E-state index contributed by atoms with van der Waals surface area (Å²) in [6, 6.07) is 23.3. The van der Waals surface area contributed by atoms with Crippen molar-refractivity contribution in [2.24, 2.45) is 0 Å². The predicted molar refractivity (Wildman–Crippen MR) is 160 cm³/mol. The molecule has 0 radical (unpaired) electrons. The van der Waals surface area contributed by atoms with Gasteiger partial charge in [-0.05, 0) is 42.8 Å². The molecule has 3 aromatic carbocycles. The third-order valence-electron chi connectivity index (χ3n) is 6.31.